The Morgan fingerprint density at radius 1 is 1.31 bits per heavy atom. The average Bonchev–Trinajstić information content (AvgIpc) is 2.72. The molecule has 2 rings (SSSR count). The van der Waals surface area contributed by atoms with E-state index in [2.05, 4.69) is 0 Å². The normalized spacial score (nSPS) is 39.6. The maximum atomic E-state index is 11.9. The third-order valence-corrected chi connectivity index (χ3v) is 3.27. The Balaban J connectivity index is 1.95. The monoisotopic (exact) mass is 183 g/mol. The molecule has 0 aromatic carbocycles. The summed E-state index contributed by atoms with van der Waals surface area (Å²) in [5.41, 5.74) is 5.89. The second-order valence-corrected chi connectivity index (χ2v) is 4.16. The van der Waals surface area contributed by atoms with Gasteiger partial charge < -0.3 is 10.5 Å². The number of rotatable bonds is 2. The first kappa shape index (κ1) is 9.16. The van der Waals surface area contributed by atoms with Crippen LogP contribution in [0.15, 0.2) is 0 Å². The molecule has 0 bridgehead atoms. The van der Waals surface area contributed by atoms with Gasteiger partial charge in [0.05, 0.1) is 6.61 Å². The van der Waals surface area contributed by atoms with Crippen molar-refractivity contribution < 1.29 is 9.53 Å². The molecule has 1 aliphatic heterocycles. The first-order chi connectivity index (χ1) is 6.29. The molecular formula is C10H17NO2. The van der Waals surface area contributed by atoms with Gasteiger partial charge in [-0.2, -0.15) is 0 Å². The number of ketones is 1. The maximum Gasteiger partial charge on any atom is 0.142 e. The number of Topliss-reactive ketones (excluding diaryl/α,β-unsaturated/α-hetero) is 1. The van der Waals surface area contributed by atoms with Crippen LogP contribution in [0.1, 0.15) is 25.7 Å². The minimum atomic E-state index is 0.119. The molecule has 3 heteroatoms. The molecule has 13 heavy (non-hydrogen) atoms. The number of nitrogens with two attached hydrogens (primary N) is 1. The van der Waals surface area contributed by atoms with E-state index >= 15 is 0 Å². The van der Waals surface area contributed by atoms with Gasteiger partial charge in [-0.1, -0.05) is 6.42 Å². The summed E-state index contributed by atoms with van der Waals surface area (Å²) in [6.07, 6.45) is 4.04. The third-order valence-electron chi connectivity index (χ3n) is 3.27. The van der Waals surface area contributed by atoms with Gasteiger partial charge in [-0.15, -0.1) is 0 Å². The fourth-order valence-electron chi connectivity index (χ4n) is 2.40. The van der Waals surface area contributed by atoms with Crippen molar-refractivity contribution in [2.24, 2.45) is 17.6 Å². The fraction of sp³-hybridized carbons (Fsp3) is 0.900. The molecule has 3 atom stereocenters. The van der Waals surface area contributed by atoms with Crippen LogP contribution in [-0.2, 0) is 9.53 Å². The Morgan fingerprint density at radius 3 is 2.69 bits per heavy atom. The smallest absolute Gasteiger partial charge is 0.142 e. The van der Waals surface area contributed by atoms with Crippen molar-refractivity contribution in [2.45, 2.75) is 31.7 Å². The van der Waals surface area contributed by atoms with Crippen molar-refractivity contribution in [1.29, 1.82) is 0 Å². The van der Waals surface area contributed by atoms with Crippen LogP contribution in [0.2, 0.25) is 0 Å². The van der Waals surface area contributed by atoms with Gasteiger partial charge in [0.25, 0.3) is 0 Å². The summed E-state index contributed by atoms with van der Waals surface area (Å²) in [7, 11) is 0. The van der Waals surface area contributed by atoms with Gasteiger partial charge in [0.1, 0.15) is 5.78 Å². The zero-order chi connectivity index (χ0) is 9.26. The largest absolute Gasteiger partial charge is 0.381 e. The molecule has 0 amide bonds. The van der Waals surface area contributed by atoms with Gasteiger partial charge in [-0.3, -0.25) is 4.79 Å². The summed E-state index contributed by atoms with van der Waals surface area (Å²) in [4.78, 5) is 11.9. The molecule has 0 aromatic rings. The first-order valence-corrected chi connectivity index (χ1v) is 5.16. The predicted octanol–water partition coefficient (Wildman–Crippen LogP) is 0.719. The van der Waals surface area contributed by atoms with Gasteiger partial charge in [0, 0.05) is 24.5 Å². The Labute approximate surface area is 78.6 Å². The molecule has 74 valence electrons. The Bertz CT molecular complexity index is 199. The summed E-state index contributed by atoms with van der Waals surface area (Å²) < 4.78 is 5.21. The van der Waals surface area contributed by atoms with Gasteiger partial charge in [0.2, 0.25) is 0 Å². The SMILES string of the molecule is NC1CCCC1C(=O)C1CCOC1. The molecule has 2 N–H and O–H groups in total. The standard InChI is InChI=1S/C10H17NO2/c11-9-3-1-2-8(9)10(12)7-4-5-13-6-7/h7-9H,1-6,11H2. The lowest BCUT2D eigenvalue weighted by Crippen LogP contribution is -2.34. The summed E-state index contributed by atoms with van der Waals surface area (Å²) in [5, 5.41) is 0. The molecular weight excluding hydrogens is 166 g/mol. The highest BCUT2D eigenvalue weighted by Crippen LogP contribution is 2.29. The average molecular weight is 183 g/mol. The predicted molar refractivity (Wildman–Crippen MR) is 49.2 cm³/mol. The van der Waals surface area contributed by atoms with E-state index in [4.69, 9.17) is 10.5 Å². The van der Waals surface area contributed by atoms with Crippen LogP contribution in [-0.4, -0.2) is 25.0 Å². The summed E-state index contributed by atoms with van der Waals surface area (Å²) >= 11 is 0. The summed E-state index contributed by atoms with van der Waals surface area (Å²) in [6, 6.07) is 0.119. The van der Waals surface area contributed by atoms with E-state index in [1.165, 1.54) is 0 Å². The van der Waals surface area contributed by atoms with E-state index in [9.17, 15) is 4.79 Å². The molecule has 0 spiro atoms. The molecule has 3 unspecified atom stereocenters. The van der Waals surface area contributed by atoms with Crippen LogP contribution in [0.25, 0.3) is 0 Å². The van der Waals surface area contributed by atoms with Crippen molar-refractivity contribution in [2.75, 3.05) is 13.2 Å². The molecule has 1 aliphatic carbocycles. The lowest BCUT2D eigenvalue weighted by molar-refractivity contribution is -0.126. The Hall–Kier alpha value is -0.410. The van der Waals surface area contributed by atoms with Crippen molar-refractivity contribution in [3.05, 3.63) is 0 Å². The number of hydrogen-bond acceptors (Lipinski definition) is 3. The number of carbonyl (C=O) groups excluding carboxylic acids is 1. The Kier molecular flexibility index (Phi) is 2.65. The molecule has 2 aliphatic rings. The van der Waals surface area contributed by atoms with Crippen molar-refractivity contribution in [3.8, 4) is 0 Å². The molecule has 1 saturated heterocycles. The highest BCUT2D eigenvalue weighted by atomic mass is 16.5. The molecule has 2 fully saturated rings. The molecule has 1 heterocycles. The quantitative estimate of drug-likeness (QED) is 0.686. The van der Waals surface area contributed by atoms with E-state index < -0.39 is 0 Å². The van der Waals surface area contributed by atoms with E-state index in [0.717, 1.165) is 32.3 Å². The topological polar surface area (TPSA) is 52.3 Å². The minimum Gasteiger partial charge on any atom is -0.381 e. The highest BCUT2D eigenvalue weighted by Gasteiger charge is 2.35. The van der Waals surface area contributed by atoms with Crippen LogP contribution in [0, 0.1) is 11.8 Å². The second kappa shape index (κ2) is 3.76. The summed E-state index contributed by atoms with van der Waals surface area (Å²) in [5.74, 6) is 0.642. The van der Waals surface area contributed by atoms with Crippen molar-refractivity contribution in [3.63, 3.8) is 0 Å². The highest BCUT2D eigenvalue weighted by molar-refractivity contribution is 5.84. The Morgan fingerprint density at radius 2 is 2.15 bits per heavy atom. The zero-order valence-corrected chi connectivity index (χ0v) is 7.87. The van der Waals surface area contributed by atoms with Gasteiger partial charge in [-0.05, 0) is 19.3 Å². The number of hydrogen-bond donors (Lipinski definition) is 1. The van der Waals surface area contributed by atoms with E-state index in [1.54, 1.807) is 0 Å². The van der Waals surface area contributed by atoms with Crippen LogP contribution >= 0.6 is 0 Å². The second-order valence-electron chi connectivity index (χ2n) is 4.16. The third kappa shape index (κ3) is 1.76. The van der Waals surface area contributed by atoms with Gasteiger partial charge in [-0.25, -0.2) is 0 Å². The van der Waals surface area contributed by atoms with Crippen LogP contribution in [0.3, 0.4) is 0 Å². The fourth-order valence-corrected chi connectivity index (χ4v) is 2.40. The molecule has 0 aromatic heterocycles. The minimum absolute atomic E-state index is 0.119. The van der Waals surface area contributed by atoms with Crippen molar-refractivity contribution in [1.82, 2.24) is 0 Å². The summed E-state index contributed by atoms with van der Waals surface area (Å²) in [6.45, 7) is 1.38. The zero-order valence-electron chi connectivity index (χ0n) is 7.87. The van der Waals surface area contributed by atoms with E-state index in [-0.39, 0.29) is 17.9 Å². The van der Waals surface area contributed by atoms with Crippen LogP contribution in [0.5, 0.6) is 0 Å². The van der Waals surface area contributed by atoms with Crippen LogP contribution < -0.4 is 5.73 Å². The van der Waals surface area contributed by atoms with E-state index in [0.29, 0.717) is 12.4 Å². The first-order valence-electron chi connectivity index (χ1n) is 5.16. The van der Waals surface area contributed by atoms with Crippen LogP contribution in [0.4, 0.5) is 0 Å². The molecule has 1 saturated carbocycles. The maximum absolute atomic E-state index is 11.9. The lowest BCUT2D eigenvalue weighted by atomic mass is 9.89. The lowest BCUT2D eigenvalue weighted by Gasteiger charge is -2.17. The van der Waals surface area contributed by atoms with E-state index in [1.807, 2.05) is 0 Å². The number of ether oxygens (including phenoxy) is 1. The molecule has 0 radical (unpaired) electrons. The van der Waals surface area contributed by atoms with Gasteiger partial charge >= 0.3 is 0 Å². The van der Waals surface area contributed by atoms with Gasteiger partial charge in [0.15, 0.2) is 0 Å². The number of carbonyl (C=O) groups is 1. The van der Waals surface area contributed by atoms with Crippen molar-refractivity contribution >= 4 is 5.78 Å². The molecule has 3 nitrogen and oxygen atoms in total.